The van der Waals surface area contributed by atoms with Crippen molar-refractivity contribution in [3.8, 4) is 22.8 Å². The van der Waals surface area contributed by atoms with Gasteiger partial charge in [0.05, 0.1) is 31.5 Å². The number of likely N-dealkylation sites (tertiary alicyclic amines) is 1. The van der Waals surface area contributed by atoms with Crippen LogP contribution in [0.4, 0.5) is 4.79 Å². The molecule has 0 bridgehead atoms. The standard InChI is InChI=1S/C41H49N5O9/c1-8-14-35(47)42-23-32(44-39(51)55-40(4,5)6)37(49)46-24-28(20-33(46)36(48)45-41(22-26(41)9-2)38(50)53-10-3)54-34-21-30(25-15-12-11-13-16-25)43-31-19-27(52-7)17-18-29(31)34/h8-9,11-19,21,26,28,32-33H,2,10,20,22-24H2,1,3-7H3,(H,42,47)(H,44,51)(H,45,48)/t26-,28?,32+,33+,41-/m1/s1. The Balaban J connectivity index is 1.51. The second kappa shape index (κ2) is 17.0. The molecule has 0 spiro atoms. The van der Waals surface area contributed by atoms with Crippen molar-refractivity contribution in [3.63, 3.8) is 0 Å². The number of benzene rings is 2. The van der Waals surface area contributed by atoms with Crippen LogP contribution in [0.5, 0.6) is 11.5 Å². The van der Waals surface area contributed by atoms with Crippen molar-refractivity contribution in [1.82, 2.24) is 25.8 Å². The molecule has 14 heteroatoms. The van der Waals surface area contributed by atoms with Crippen LogP contribution in [0.3, 0.4) is 0 Å². The number of nitrogens with one attached hydrogen (secondary N) is 3. The van der Waals surface area contributed by atoms with Crippen molar-refractivity contribution < 1.29 is 42.9 Å². The lowest BCUT2D eigenvalue weighted by atomic mass is 10.1. The van der Waals surface area contributed by atoms with Crippen LogP contribution < -0.4 is 25.4 Å². The van der Waals surface area contributed by atoms with Crippen molar-refractivity contribution in [2.24, 2.45) is 5.92 Å². The van der Waals surface area contributed by atoms with Crippen molar-refractivity contribution in [2.75, 3.05) is 26.8 Å². The number of nitrogens with zero attached hydrogens (tertiary/aromatic N) is 2. The molecule has 3 aromatic rings. The number of hydrogen-bond acceptors (Lipinski definition) is 10. The van der Waals surface area contributed by atoms with Gasteiger partial charge >= 0.3 is 12.1 Å². The predicted octanol–water partition coefficient (Wildman–Crippen LogP) is 4.47. The fourth-order valence-corrected chi connectivity index (χ4v) is 6.54. The summed E-state index contributed by atoms with van der Waals surface area (Å²) in [5.74, 6) is -1.67. The predicted molar refractivity (Wildman–Crippen MR) is 205 cm³/mol. The molecule has 55 heavy (non-hydrogen) atoms. The molecule has 1 unspecified atom stereocenters. The molecule has 0 radical (unpaired) electrons. The van der Waals surface area contributed by atoms with Gasteiger partial charge in [-0.2, -0.15) is 0 Å². The molecule has 3 N–H and O–H groups in total. The molecule has 2 aliphatic rings. The number of ether oxygens (including phenoxy) is 4. The van der Waals surface area contributed by atoms with Gasteiger partial charge in [0.2, 0.25) is 17.7 Å². The van der Waals surface area contributed by atoms with E-state index in [9.17, 15) is 24.0 Å². The summed E-state index contributed by atoms with van der Waals surface area (Å²) in [6.07, 6.45) is 3.09. The van der Waals surface area contributed by atoms with Gasteiger partial charge in [-0.25, -0.2) is 14.6 Å². The lowest BCUT2D eigenvalue weighted by molar-refractivity contribution is -0.150. The second-order valence-corrected chi connectivity index (χ2v) is 14.4. The van der Waals surface area contributed by atoms with Crippen LogP contribution in [0.1, 0.15) is 47.5 Å². The lowest BCUT2D eigenvalue weighted by Gasteiger charge is -2.30. The maximum Gasteiger partial charge on any atom is 0.408 e. The minimum Gasteiger partial charge on any atom is -0.497 e. The third-order valence-corrected chi connectivity index (χ3v) is 9.26. The number of carbonyl (C=O) groups is 5. The van der Waals surface area contributed by atoms with E-state index < -0.39 is 59.1 Å². The molecule has 292 valence electrons. The number of rotatable bonds is 14. The number of carbonyl (C=O) groups excluding carboxylic acids is 5. The van der Waals surface area contributed by atoms with Gasteiger partial charge in [0, 0.05) is 42.0 Å². The number of pyridine rings is 1. The fourth-order valence-electron chi connectivity index (χ4n) is 6.54. The van der Waals surface area contributed by atoms with Crippen molar-refractivity contribution >= 4 is 40.7 Å². The Morgan fingerprint density at radius 3 is 2.47 bits per heavy atom. The lowest BCUT2D eigenvalue weighted by Crippen LogP contribution is -2.58. The topological polar surface area (TPSA) is 174 Å². The van der Waals surface area contributed by atoms with Gasteiger partial charge in [-0.3, -0.25) is 14.4 Å². The summed E-state index contributed by atoms with van der Waals surface area (Å²) in [7, 11) is 1.57. The molecule has 2 aromatic carbocycles. The monoisotopic (exact) mass is 755 g/mol. The number of aromatic nitrogens is 1. The fraction of sp³-hybridized carbons (Fsp3) is 0.415. The molecule has 1 saturated carbocycles. The first-order chi connectivity index (χ1) is 26.2. The van der Waals surface area contributed by atoms with E-state index in [1.165, 1.54) is 17.1 Å². The zero-order valence-electron chi connectivity index (χ0n) is 32.0. The highest BCUT2D eigenvalue weighted by atomic mass is 16.6. The second-order valence-electron chi connectivity index (χ2n) is 14.4. The summed E-state index contributed by atoms with van der Waals surface area (Å²) in [5, 5.41) is 8.74. The Labute approximate surface area is 320 Å². The first kappa shape index (κ1) is 40.3. The van der Waals surface area contributed by atoms with Crippen LogP contribution in [0.15, 0.2) is 79.4 Å². The molecule has 1 saturated heterocycles. The van der Waals surface area contributed by atoms with Gasteiger partial charge in [0.25, 0.3) is 0 Å². The largest absolute Gasteiger partial charge is 0.497 e. The molecule has 5 rings (SSSR count). The number of fused-ring (bicyclic) bond motifs is 1. The SMILES string of the molecule is C=C[C@@H]1C[C@]1(NC(=O)[C@@H]1CC(Oc2cc(-c3ccccc3)nc3cc(OC)ccc23)CN1C(=O)[C@H](CNC(=O)C=CC)NC(=O)OC(C)(C)C)C(=O)OCC. The van der Waals surface area contributed by atoms with E-state index >= 15 is 0 Å². The molecular weight excluding hydrogens is 706 g/mol. The number of alkyl carbamates (subject to hydrolysis) is 1. The average Bonchev–Trinajstić information content (AvgIpc) is 3.71. The molecule has 5 atom stereocenters. The molecule has 1 aliphatic heterocycles. The summed E-state index contributed by atoms with van der Waals surface area (Å²) < 4.78 is 22.9. The van der Waals surface area contributed by atoms with Crippen LogP contribution in [0.2, 0.25) is 0 Å². The van der Waals surface area contributed by atoms with E-state index in [0.717, 1.165) is 5.56 Å². The normalized spacial score (nSPS) is 21.0. The van der Waals surface area contributed by atoms with Crippen molar-refractivity contribution in [1.29, 1.82) is 0 Å². The van der Waals surface area contributed by atoms with E-state index in [1.54, 1.807) is 59.9 Å². The van der Waals surface area contributed by atoms with Gasteiger partial charge in [-0.1, -0.05) is 42.5 Å². The van der Waals surface area contributed by atoms with E-state index in [0.29, 0.717) is 28.1 Å². The molecule has 2 fully saturated rings. The quantitative estimate of drug-likeness (QED) is 0.121. The molecule has 4 amide bonds. The highest BCUT2D eigenvalue weighted by molar-refractivity contribution is 5.97. The first-order valence-electron chi connectivity index (χ1n) is 18.2. The number of allylic oxidation sites excluding steroid dienone is 1. The average molecular weight is 756 g/mol. The van der Waals surface area contributed by atoms with Gasteiger partial charge in [-0.15, -0.1) is 6.58 Å². The Kier molecular flexibility index (Phi) is 12.5. The minimum absolute atomic E-state index is 0.0277. The first-order valence-corrected chi connectivity index (χ1v) is 18.2. The smallest absolute Gasteiger partial charge is 0.408 e. The summed E-state index contributed by atoms with van der Waals surface area (Å²) in [6, 6.07) is 14.3. The summed E-state index contributed by atoms with van der Waals surface area (Å²) in [5.41, 5.74) is -0.128. The molecule has 14 nitrogen and oxygen atoms in total. The molecule has 1 aromatic heterocycles. The van der Waals surface area contributed by atoms with Crippen LogP contribution in [0, 0.1) is 5.92 Å². The van der Waals surface area contributed by atoms with Crippen molar-refractivity contribution in [2.45, 2.75) is 76.8 Å². The summed E-state index contributed by atoms with van der Waals surface area (Å²) in [6.45, 7) is 11.9. The third kappa shape index (κ3) is 9.61. The third-order valence-electron chi connectivity index (χ3n) is 9.26. The Morgan fingerprint density at radius 2 is 1.84 bits per heavy atom. The number of amides is 4. The Hall–Kier alpha value is -5.92. The maximum atomic E-state index is 14.5. The minimum atomic E-state index is -1.34. The maximum absolute atomic E-state index is 14.5. The summed E-state index contributed by atoms with van der Waals surface area (Å²) in [4.78, 5) is 73.5. The van der Waals surface area contributed by atoms with Gasteiger partial charge < -0.3 is 39.8 Å². The molecular formula is C41H49N5O9. The van der Waals surface area contributed by atoms with E-state index in [1.807, 2.05) is 42.5 Å². The zero-order chi connectivity index (χ0) is 39.9. The molecule has 1 aliphatic carbocycles. The van der Waals surface area contributed by atoms with E-state index in [-0.39, 0.29) is 38.5 Å². The Bertz CT molecular complexity index is 1960. The zero-order valence-corrected chi connectivity index (χ0v) is 32.0. The van der Waals surface area contributed by atoms with Crippen LogP contribution in [0.25, 0.3) is 22.2 Å². The number of esters is 1. The highest BCUT2D eigenvalue weighted by Gasteiger charge is 2.62. The van der Waals surface area contributed by atoms with Gasteiger partial charge in [0.15, 0.2) is 0 Å². The van der Waals surface area contributed by atoms with Crippen LogP contribution in [-0.4, -0.2) is 95.8 Å². The van der Waals surface area contributed by atoms with Crippen LogP contribution in [-0.2, 0) is 28.7 Å². The van der Waals surface area contributed by atoms with Crippen molar-refractivity contribution in [3.05, 3.63) is 79.4 Å². The van der Waals surface area contributed by atoms with Gasteiger partial charge in [-0.05, 0) is 59.2 Å². The summed E-state index contributed by atoms with van der Waals surface area (Å²) >= 11 is 0. The Morgan fingerprint density at radius 1 is 1.09 bits per heavy atom. The van der Waals surface area contributed by atoms with Crippen LogP contribution >= 0.6 is 0 Å². The van der Waals surface area contributed by atoms with E-state index in [2.05, 4.69) is 22.5 Å². The molecule has 2 heterocycles. The highest BCUT2D eigenvalue weighted by Crippen LogP contribution is 2.46. The number of methoxy groups -OCH3 is 1. The number of hydrogen-bond donors (Lipinski definition) is 3. The van der Waals surface area contributed by atoms with Gasteiger partial charge in [0.1, 0.15) is 40.8 Å². The van der Waals surface area contributed by atoms with E-state index in [4.69, 9.17) is 23.9 Å².